The maximum Gasteiger partial charge on any atom is 0.324 e. The number of morpholine rings is 2. The van der Waals surface area contributed by atoms with E-state index in [1.54, 1.807) is 0 Å². The summed E-state index contributed by atoms with van der Waals surface area (Å²) in [6.07, 6.45) is 3.11. The van der Waals surface area contributed by atoms with Crippen molar-refractivity contribution in [2.45, 2.75) is 38.4 Å². The fourth-order valence-electron chi connectivity index (χ4n) is 6.82. The molecular formula is C30H38N8O4. The van der Waals surface area contributed by atoms with Gasteiger partial charge in [-0.1, -0.05) is 12.1 Å². The van der Waals surface area contributed by atoms with E-state index in [4.69, 9.17) is 24.4 Å². The number of imidazole rings is 1. The lowest BCUT2D eigenvalue weighted by atomic mass is 9.85. The van der Waals surface area contributed by atoms with Crippen LogP contribution in [0, 0.1) is 0 Å². The molecule has 12 heteroatoms. The monoisotopic (exact) mass is 574 g/mol. The van der Waals surface area contributed by atoms with Crippen LogP contribution in [0.4, 0.5) is 5.82 Å². The number of H-pyrrole nitrogens is 1. The van der Waals surface area contributed by atoms with Crippen LogP contribution in [0.25, 0.3) is 33.5 Å². The van der Waals surface area contributed by atoms with E-state index in [0.29, 0.717) is 77.8 Å². The van der Waals surface area contributed by atoms with Crippen LogP contribution in [0.15, 0.2) is 30.5 Å². The number of rotatable bonds is 7. The molecule has 0 unspecified atom stereocenters. The summed E-state index contributed by atoms with van der Waals surface area (Å²) in [5.74, 6) is 1.74. The van der Waals surface area contributed by atoms with Gasteiger partial charge in [0, 0.05) is 68.5 Å². The van der Waals surface area contributed by atoms with Crippen molar-refractivity contribution < 1.29 is 19.4 Å². The van der Waals surface area contributed by atoms with Crippen LogP contribution in [-0.4, -0.2) is 117 Å². The minimum Gasteiger partial charge on any atom is -0.480 e. The van der Waals surface area contributed by atoms with Crippen molar-refractivity contribution in [2.24, 2.45) is 0 Å². The van der Waals surface area contributed by atoms with Crippen LogP contribution in [-0.2, 0) is 27.4 Å². The highest BCUT2D eigenvalue weighted by Gasteiger charge is 2.47. The molecule has 42 heavy (non-hydrogen) atoms. The van der Waals surface area contributed by atoms with Crippen molar-refractivity contribution in [3.63, 3.8) is 0 Å². The van der Waals surface area contributed by atoms with Crippen LogP contribution in [0.2, 0.25) is 0 Å². The summed E-state index contributed by atoms with van der Waals surface area (Å²) in [4.78, 5) is 37.9. The van der Waals surface area contributed by atoms with E-state index in [0.717, 1.165) is 58.9 Å². The molecule has 3 aromatic heterocycles. The van der Waals surface area contributed by atoms with Crippen molar-refractivity contribution in [1.82, 2.24) is 34.3 Å². The molecule has 0 saturated carbocycles. The zero-order valence-corrected chi connectivity index (χ0v) is 24.1. The Hall–Kier alpha value is -3.58. The molecule has 0 spiro atoms. The molecule has 0 amide bonds. The molecule has 1 aromatic carbocycles. The molecule has 2 N–H and O–H groups in total. The number of aromatic nitrogens is 5. The fourth-order valence-corrected chi connectivity index (χ4v) is 6.82. The molecule has 4 aromatic rings. The Balaban J connectivity index is 1.23. The molecule has 0 radical (unpaired) electrons. The molecular weight excluding hydrogens is 536 g/mol. The van der Waals surface area contributed by atoms with Gasteiger partial charge in [0.2, 0.25) is 0 Å². The summed E-state index contributed by atoms with van der Waals surface area (Å²) in [5, 5.41) is 11.4. The lowest BCUT2D eigenvalue weighted by Crippen LogP contribution is -2.62. The number of hydrogen-bond acceptors (Lipinski definition) is 9. The van der Waals surface area contributed by atoms with Gasteiger partial charge in [-0.15, -0.1) is 0 Å². The topological polar surface area (TPSA) is 125 Å². The van der Waals surface area contributed by atoms with E-state index in [9.17, 15) is 9.90 Å². The van der Waals surface area contributed by atoms with Gasteiger partial charge in [0.25, 0.3) is 0 Å². The normalized spacial score (nSPS) is 20.5. The lowest BCUT2D eigenvalue weighted by molar-refractivity contribution is -0.159. The number of ether oxygens (including phenoxy) is 2. The van der Waals surface area contributed by atoms with Gasteiger partial charge in [0.15, 0.2) is 22.8 Å². The number of aromatic amines is 1. The van der Waals surface area contributed by atoms with Gasteiger partial charge in [-0.2, -0.15) is 0 Å². The Bertz CT molecular complexity index is 1580. The van der Waals surface area contributed by atoms with Crippen molar-refractivity contribution in [2.75, 3.05) is 70.6 Å². The molecule has 0 aliphatic carbocycles. The molecule has 6 heterocycles. The number of carboxylic acid groups (broad SMARTS) is 1. The number of carbonyl (C=O) groups is 1. The number of benzene rings is 1. The second kappa shape index (κ2) is 11.3. The van der Waals surface area contributed by atoms with Crippen LogP contribution >= 0.6 is 0 Å². The average Bonchev–Trinajstić information content (AvgIpc) is 3.66. The third-order valence-corrected chi connectivity index (χ3v) is 9.18. The number of aryl methyl sites for hydroxylation is 1. The lowest BCUT2D eigenvalue weighted by Gasteiger charge is -2.47. The van der Waals surface area contributed by atoms with Gasteiger partial charge in [-0.25, -0.2) is 15.0 Å². The number of fused-ring (bicyclic) bond motifs is 2. The van der Waals surface area contributed by atoms with E-state index in [1.165, 1.54) is 0 Å². The smallest absolute Gasteiger partial charge is 0.324 e. The summed E-state index contributed by atoms with van der Waals surface area (Å²) in [6, 6.07) is 8.24. The van der Waals surface area contributed by atoms with Crippen LogP contribution in [0.3, 0.4) is 0 Å². The van der Waals surface area contributed by atoms with Crippen molar-refractivity contribution >= 4 is 33.9 Å². The molecule has 222 valence electrons. The molecule has 12 nitrogen and oxygen atoms in total. The van der Waals surface area contributed by atoms with Gasteiger partial charge in [0.05, 0.1) is 33.0 Å². The predicted molar refractivity (Wildman–Crippen MR) is 159 cm³/mol. The Morgan fingerprint density at radius 3 is 2.43 bits per heavy atom. The summed E-state index contributed by atoms with van der Waals surface area (Å²) >= 11 is 0. The highest BCUT2D eigenvalue weighted by atomic mass is 16.5. The highest BCUT2D eigenvalue weighted by molar-refractivity contribution is 5.95. The number of carboxylic acids is 1. The number of likely N-dealkylation sites (tertiary alicyclic amines) is 1. The number of anilines is 1. The van der Waals surface area contributed by atoms with Crippen LogP contribution in [0.5, 0.6) is 0 Å². The Kier molecular flexibility index (Phi) is 7.30. The van der Waals surface area contributed by atoms with E-state index in [-0.39, 0.29) is 0 Å². The first kappa shape index (κ1) is 27.3. The molecule has 0 atom stereocenters. The van der Waals surface area contributed by atoms with Gasteiger partial charge < -0.3 is 29.0 Å². The predicted octanol–water partition coefficient (Wildman–Crippen LogP) is 2.58. The zero-order chi connectivity index (χ0) is 28.7. The van der Waals surface area contributed by atoms with Crippen molar-refractivity contribution in [3.8, 4) is 11.4 Å². The second-order valence-corrected chi connectivity index (χ2v) is 11.4. The summed E-state index contributed by atoms with van der Waals surface area (Å²) in [6.45, 7) is 10.2. The highest BCUT2D eigenvalue weighted by Crippen LogP contribution is 2.34. The first-order valence-corrected chi connectivity index (χ1v) is 15.0. The Morgan fingerprint density at radius 2 is 1.71 bits per heavy atom. The van der Waals surface area contributed by atoms with Gasteiger partial charge >= 0.3 is 5.97 Å². The molecule has 3 fully saturated rings. The standard InChI is InChI=1S/C30H38N8O4/c1-2-38-24(20-35-10-7-30(8-11-35,29(39)40)37-14-18-42-19-15-37)32-25-27(36-12-16-41-17-13-36)33-26(34-28(25)38)22-4-3-5-23-21(22)6-9-31-23/h3-6,9,31H,2,7-8,10-20H2,1H3,(H,39,40). The number of nitrogens with zero attached hydrogens (tertiary/aromatic N) is 7. The van der Waals surface area contributed by atoms with Gasteiger partial charge in [-0.05, 0) is 31.9 Å². The van der Waals surface area contributed by atoms with Crippen molar-refractivity contribution in [1.29, 1.82) is 0 Å². The molecule has 3 aliphatic rings. The Morgan fingerprint density at radius 1 is 0.976 bits per heavy atom. The number of nitrogens with one attached hydrogen (secondary N) is 1. The van der Waals surface area contributed by atoms with Gasteiger partial charge in [0.1, 0.15) is 11.4 Å². The van der Waals surface area contributed by atoms with E-state index in [1.807, 2.05) is 12.3 Å². The first-order valence-electron chi connectivity index (χ1n) is 15.0. The minimum absolute atomic E-state index is 0.582. The zero-order valence-electron chi connectivity index (χ0n) is 24.1. The van der Waals surface area contributed by atoms with Crippen LogP contribution < -0.4 is 4.90 Å². The minimum atomic E-state index is -0.825. The fraction of sp³-hybridized carbons (Fsp3) is 0.533. The quantitative estimate of drug-likeness (QED) is 0.340. The third-order valence-electron chi connectivity index (χ3n) is 9.18. The Labute approximate surface area is 244 Å². The van der Waals surface area contributed by atoms with Gasteiger partial charge in [-0.3, -0.25) is 14.6 Å². The van der Waals surface area contributed by atoms with E-state index < -0.39 is 11.5 Å². The number of piperidine rings is 1. The maximum absolute atomic E-state index is 12.5. The summed E-state index contributed by atoms with van der Waals surface area (Å²) in [7, 11) is 0. The van der Waals surface area contributed by atoms with Crippen LogP contribution in [0.1, 0.15) is 25.6 Å². The molecule has 3 aliphatic heterocycles. The average molecular weight is 575 g/mol. The molecule has 7 rings (SSSR count). The largest absolute Gasteiger partial charge is 0.480 e. The second-order valence-electron chi connectivity index (χ2n) is 11.4. The summed E-state index contributed by atoms with van der Waals surface area (Å²) in [5.41, 5.74) is 2.85. The number of aliphatic carboxylic acids is 1. The first-order chi connectivity index (χ1) is 20.6. The van der Waals surface area contributed by atoms with Crippen molar-refractivity contribution in [3.05, 3.63) is 36.3 Å². The van der Waals surface area contributed by atoms with E-state index >= 15 is 0 Å². The summed E-state index contributed by atoms with van der Waals surface area (Å²) < 4.78 is 13.3. The number of hydrogen-bond donors (Lipinski definition) is 2. The third kappa shape index (κ3) is 4.72. The maximum atomic E-state index is 12.5. The van der Waals surface area contributed by atoms with E-state index in [2.05, 4.69) is 49.4 Å². The molecule has 3 saturated heterocycles. The SMILES string of the molecule is CCn1c(CN2CCC(C(=O)O)(N3CCOCC3)CC2)nc2c(N3CCOCC3)nc(-c3cccc4[nH]ccc34)nc21. The molecule has 0 bridgehead atoms.